The molecule has 1 aliphatic rings. The zero-order chi connectivity index (χ0) is 20.9. The molecular formula is C22H23FN6O. The number of nitrogens with one attached hydrogen (secondary N) is 1. The molecule has 0 aliphatic carbocycles. The number of piperazine rings is 1. The van der Waals surface area contributed by atoms with Gasteiger partial charge in [-0.25, -0.2) is 9.37 Å². The molecule has 0 saturated carbocycles. The number of hydrogen-bond donors (Lipinski definition) is 1. The minimum Gasteiger partial charge on any atom is -0.352 e. The Balaban J connectivity index is 1.31. The van der Waals surface area contributed by atoms with Crippen LogP contribution in [0.2, 0.25) is 0 Å². The second-order valence-electron chi connectivity index (χ2n) is 7.26. The highest BCUT2D eigenvalue weighted by Gasteiger charge is 2.22. The third kappa shape index (κ3) is 4.71. The van der Waals surface area contributed by atoms with Gasteiger partial charge in [0, 0.05) is 32.4 Å². The van der Waals surface area contributed by atoms with Gasteiger partial charge < -0.3 is 15.1 Å². The van der Waals surface area contributed by atoms with E-state index in [1.54, 1.807) is 29.3 Å². The summed E-state index contributed by atoms with van der Waals surface area (Å²) < 4.78 is 13.8. The molecule has 1 aliphatic heterocycles. The van der Waals surface area contributed by atoms with Gasteiger partial charge in [-0.3, -0.25) is 4.79 Å². The van der Waals surface area contributed by atoms with Crippen LogP contribution in [0.4, 0.5) is 21.8 Å². The molecule has 154 valence electrons. The summed E-state index contributed by atoms with van der Waals surface area (Å²) in [5.74, 6) is 1.70. The molecule has 0 spiro atoms. The van der Waals surface area contributed by atoms with Crippen LogP contribution in [0.1, 0.15) is 11.1 Å². The Morgan fingerprint density at radius 1 is 1.00 bits per heavy atom. The van der Waals surface area contributed by atoms with E-state index in [4.69, 9.17) is 0 Å². The molecule has 0 atom stereocenters. The van der Waals surface area contributed by atoms with Crippen molar-refractivity contribution in [3.63, 3.8) is 0 Å². The van der Waals surface area contributed by atoms with Gasteiger partial charge in [0.1, 0.15) is 11.6 Å². The van der Waals surface area contributed by atoms with Gasteiger partial charge in [-0.1, -0.05) is 24.3 Å². The number of amides is 1. The quantitative estimate of drug-likeness (QED) is 0.702. The van der Waals surface area contributed by atoms with Crippen LogP contribution >= 0.6 is 0 Å². The van der Waals surface area contributed by atoms with E-state index in [-0.39, 0.29) is 18.1 Å². The summed E-state index contributed by atoms with van der Waals surface area (Å²) in [6, 6.07) is 14.0. The van der Waals surface area contributed by atoms with Gasteiger partial charge >= 0.3 is 0 Å². The van der Waals surface area contributed by atoms with Crippen molar-refractivity contribution in [2.45, 2.75) is 13.3 Å². The molecule has 1 fully saturated rings. The number of carbonyl (C=O) groups excluding carboxylic acids is 1. The van der Waals surface area contributed by atoms with E-state index >= 15 is 0 Å². The average Bonchev–Trinajstić information content (AvgIpc) is 2.77. The van der Waals surface area contributed by atoms with Crippen LogP contribution in [0.15, 0.2) is 54.7 Å². The molecule has 1 N–H and O–H groups in total. The molecule has 3 heterocycles. The lowest BCUT2D eigenvalue weighted by Gasteiger charge is -2.35. The van der Waals surface area contributed by atoms with Gasteiger partial charge in [-0.2, -0.15) is 0 Å². The third-order valence-corrected chi connectivity index (χ3v) is 5.07. The third-order valence-electron chi connectivity index (χ3n) is 5.07. The zero-order valence-corrected chi connectivity index (χ0v) is 16.8. The Kier molecular flexibility index (Phi) is 5.83. The van der Waals surface area contributed by atoms with E-state index in [2.05, 4.69) is 25.4 Å². The monoisotopic (exact) mass is 406 g/mol. The lowest BCUT2D eigenvalue weighted by molar-refractivity contribution is -0.130. The molecule has 30 heavy (non-hydrogen) atoms. The van der Waals surface area contributed by atoms with E-state index in [0.717, 1.165) is 11.4 Å². The Labute approximate surface area is 174 Å². The summed E-state index contributed by atoms with van der Waals surface area (Å²) in [7, 11) is 0. The number of aromatic nitrogens is 3. The normalized spacial score (nSPS) is 13.9. The average molecular weight is 406 g/mol. The lowest BCUT2D eigenvalue weighted by Crippen LogP contribution is -2.49. The maximum absolute atomic E-state index is 13.8. The highest BCUT2D eigenvalue weighted by molar-refractivity contribution is 5.79. The van der Waals surface area contributed by atoms with E-state index < -0.39 is 0 Å². The first-order chi connectivity index (χ1) is 14.6. The summed E-state index contributed by atoms with van der Waals surface area (Å²) in [5, 5.41) is 11.6. The smallest absolute Gasteiger partial charge is 0.227 e. The maximum Gasteiger partial charge on any atom is 0.227 e. The van der Waals surface area contributed by atoms with Crippen molar-refractivity contribution >= 4 is 23.4 Å². The second kappa shape index (κ2) is 8.86. The zero-order valence-electron chi connectivity index (χ0n) is 16.8. The molecule has 2 aromatic heterocycles. The minimum absolute atomic E-state index is 0.0593. The van der Waals surface area contributed by atoms with Crippen molar-refractivity contribution in [1.29, 1.82) is 0 Å². The Bertz CT molecular complexity index is 1000. The molecule has 1 saturated heterocycles. The maximum atomic E-state index is 13.8. The highest BCUT2D eigenvalue weighted by Crippen LogP contribution is 2.17. The summed E-state index contributed by atoms with van der Waals surface area (Å²) in [5.41, 5.74) is 1.52. The lowest BCUT2D eigenvalue weighted by atomic mass is 10.1. The number of halogens is 1. The molecule has 8 heteroatoms. The van der Waals surface area contributed by atoms with Crippen molar-refractivity contribution in [3.8, 4) is 0 Å². The number of anilines is 3. The predicted octanol–water partition coefficient (Wildman–Crippen LogP) is 2.95. The first kappa shape index (κ1) is 19.8. The fourth-order valence-electron chi connectivity index (χ4n) is 3.33. The number of rotatable bonds is 5. The Morgan fingerprint density at radius 3 is 2.43 bits per heavy atom. The second-order valence-corrected chi connectivity index (χ2v) is 7.26. The van der Waals surface area contributed by atoms with Gasteiger partial charge in [0.15, 0.2) is 11.6 Å². The molecule has 4 rings (SSSR count). The SMILES string of the molecule is Cc1ccc(Nc2ccc(N3CCN(C(=O)Cc4ccccc4F)CC3)nn2)nc1. The van der Waals surface area contributed by atoms with Gasteiger partial charge in [-0.05, 0) is 42.3 Å². The molecular weight excluding hydrogens is 383 g/mol. The van der Waals surface area contributed by atoms with Gasteiger partial charge in [0.2, 0.25) is 5.91 Å². The first-order valence-corrected chi connectivity index (χ1v) is 9.88. The molecule has 1 aromatic carbocycles. The molecule has 1 amide bonds. The highest BCUT2D eigenvalue weighted by atomic mass is 19.1. The Morgan fingerprint density at radius 2 is 1.77 bits per heavy atom. The largest absolute Gasteiger partial charge is 0.352 e. The van der Waals surface area contributed by atoms with Gasteiger partial charge in [-0.15, -0.1) is 10.2 Å². The van der Waals surface area contributed by atoms with Gasteiger partial charge in [0.25, 0.3) is 0 Å². The number of pyridine rings is 1. The molecule has 0 unspecified atom stereocenters. The fourth-order valence-corrected chi connectivity index (χ4v) is 3.33. The van der Waals surface area contributed by atoms with E-state index in [1.165, 1.54) is 6.07 Å². The van der Waals surface area contributed by atoms with Crippen LogP contribution in [-0.2, 0) is 11.2 Å². The summed E-state index contributed by atoms with van der Waals surface area (Å²) in [6.07, 6.45) is 1.87. The van der Waals surface area contributed by atoms with Crippen LogP contribution in [-0.4, -0.2) is 52.2 Å². The number of aryl methyl sites for hydroxylation is 1. The fraction of sp³-hybridized carbons (Fsp3) is 0.273. The van der Waals surface area contributed by atoms with Crippen LogP contribution in [0.3, 0.4) is 0 Å². The number of hydrogen-bond acceptors (Lipinski definition) is 6. The Hall–Kier alpha value is -3.55. The molecule has 0 radical (unpaired) electrons. The van der Waals surface area contributed by atoms with Crippen LogP contribution in [0, 0.1) is 12.7 Å². The van der Waals surface area contributed by atoms with E-state index in [1.807, 2.05) is 31.2 Å². The van der Waals surface area contributed by atoms with Crippen LogP contribution < -0.4 is 10.2 Å². The van der Waals surface area contributed by atoms with Gasteiger partial charge in [0.05, 0.1) is 6.42 Å². The molecule has 7 nitrogen and oxygen atoms in total. The summed E-state index contributed by atoms with van der Waals surface area (Å²) in [4.78, 5) is 20.7. The van der Waals surface area contributed by atoms with Crippen molar-refractivity contribution in [3.05, 3.63) is 71.7 Å². The van der Waals surface area contributed by atoms with E-state index in [0.29, 0.717) is 43.4 Å². The van der Waals surface area contributed by atoms with Crippen molar-refractivity contribution in [2.75, 3.05) is 36.4 Å². The number of benzene rings is 1. The van der Waals surface area contributed by atoms with Crippen LogP contribution in [0.5, 0.6) is 0 Å². The van der Waals surface area contributed by atoms with Crippen LogP contribution in [0.25, 0.3) is 0 Å². The minimum atomic E-state index is -0.339. The number of nitrogens with zero attached hydrogens (tertiary/aromatic N) is 5. The van der Waals surface area contributed by atoms with E-state index in [9.17, 15) is 9.18 Å². The van der Waals surface area contributed by atoms with Crippen molar-refractivity contribution < 1.29 is 9.18 Å². The van der Waals surface area contributed by atoms with Crippen molar-refractivity contribution in [1.82, 2.24) is 20.1 Å². The standard InChI is InChI=1S/C22H23FN6O/c1-16-6-7-19(24-15-16)25-20-8-9-21(27-26-20)28-10-12-29(13-11-28)22(30)14-17-4-2-3-5-18(17)23/h2-9,15H,10-14H2,1H3,(H,24,25,26). The summed E-state index contributed by atoms with van der Waals surface area (Å²) in [6.45, 7) is 4.44. The first-order valence-electron chi connectivity index (χ1n) is 9.88. The van der Waals surface area contributed by atoms with Crippen molar-refractivity contribution in [2.24, 2.45) is 0 Å². The topological polar surface area (TPSA) is 74.2 Å². The molecule has 0 bridgehead atoms. The number of carbonyl (C=O) groups is 1. The predicted molar refractivity (Wildman–Crippen MR) is 113 cm³/mol. The summed E-state index contributed by atoms with van der Waals surface area (Å²) >= 11 is 0. The molecule has 3 aromatic rings.